The van der Waals surface area contributed by atoms with E-state index < -0.39 is 0 Å². The normalized spacial score (nSPS) is 17.0. The highest BCUT2D eigenvalue weighted by molar-refractivity contribution is 7.11. The zero-order chi connectivity index (χ0) is 17.5. The number of rotatable bonds is 7. The summed E-state index contributed by atoms with van der Waals surface area (Å²) in [5.41, 5.74) is 0. The molecule has 1 fully saturated rings. The van der Waals surface area contributed by atoms with Crippen LogP contribution < -0.4 is 10.6 Å². The van der Waals surface area contributed by atoms with Crippen LogP contribution in [0.25, 0.3) is 0 Å². The fourth-order valence-electron chi connectivity index (χ4n) is 3.16. The lowest BCUT2D eigenvalue weighted by Crippen LogP contribution is -2.43. The number of likely N-dealkylation sites (tertiary alicyclic amines) is 1. The third-order valence-corrected chi connectivity index (χ3v) is 6.39. The molecule has 2 N–H and O–H groups in total. The SMILES string of the molecule is CN=C(NCCc1ncc(C)s1)NCC(c1cccs1)N1CCCC1. The largest absolute Gasteiger partial charge is 0.356 e. The van der Waals surface area contributed by atoms with Crippen molar-refractivity contribution in [3.05, 3.63) is 38.5 Å². The molecule has 0 aliphatic carbocycles. The summed E-state index contributed by atoms with van der Waals surface area (Å²) in [6.07, 6.45) is 5.48. The predicted molar refractivity (Wildman–Crippen MR) is 108 cm³/mol. The van der Waals surface area contributed by atoms with E-state index in [1.165, 1.54) is 40.7 Å². The molecule has 1 atom stereocenters. The summed E-state index contributed by atoms with van der Waals surface area (Å²) in [6, 6.07) is 4.82. The molecule has 7 heteroatoms. The number of nitrogens with one attached hydrogen (secondary N) is 2. The molecule has 1 aliphatic rings. The fourth-order valence-corrected chi connectivity index (χ4v) is 4.81. The maximum Gasteiger partial charge on any atom is 0.191 e. The van der Waals surface area contributed by atoms with E-state index in [1.54, 1.807) is 11.3 Å². The second kappa shape index (κ2) is 9.31. The highest BCUT2D eigenvalue weighted by atomic mass is 32.1. The molecule has 25 heavy (non-hydrogen) atoms. The highest BCUT2D eigenvalue weighted by Gasteiger charge is 2.24. The van der Waals surface area contributed by atoms with Crippen LogP contribution in [-0.2, 0) is 6.42 Å². The molecule has 0 amide bonds. The summed E-state index contributed by atoms with van der Waals surface area (Å²) in [7, 11) is 1.83. The molecule has 0 bridgehead atoms. The van der Waals surface area contributed by atoms with Gasteiger partial charge in [-0.15, -0.1) is 22.7 Å². The Labute approximate surface area is 158 Å². The molecule has 0 radical (unpaired) electrons. The highest BCUT2D eigenvalue weighted by Crippen LogP contribution is 2.27. The van der Waals surface area contributed by atoms with Crippen molar-refractivity contribution in [1.29, 1.82) is 0 Å². The molecule has 136 valence electrons. The van der Waals surface area contributed by atoms with Gasteiger partial charge in [0.15, 0.2) is 5.96 Å². The van der Waals surface area contributed by atoms with Gasteiger partial charge >= 0.3 is 0 Å². The summed E-state index contributed by atoms with van der Waals surface area (Å²) < 4.78 is 0. The van der Waals surface area contributed by atoms with Gasteiger partial charge in [0.1, 0.15) is 0 Å². The summed E-state index contributed by atoms with van der Waals surface area (Å²) in [6.45, 7) is 6.22. The van der Waals surface area contributed by atoms with Gasteiger partial charge in [0.2, 0.25) is 0 Å². The number of thiazole rings is 1. The van der Waals surface area contributed by atoms with Gasteiger partial charge in [-0.05, 0) is 44.3 Å². The van der Waals surface area contributed by atoms with Crippen molar-refractivity contribution in [3.63, 3.8) is 0 Å². The molecule has 3 rings (SSSR count). The predicted octanol–water partition coefficient (Wildman–Crippen LogP) is 3.06. The van der Waals surface area contributed by atoms with Crippen molar-refractivity contribution >= 4 is 28.6 Å². The van der Waals surface area contributed by atoms with Gasteiger partial charge in [-0.1, -0.05) is 6.07 Å². The van der Waals surface area contributed by atoms with Crippen molar-refractivity contribution < 1.29 is 0 Å². The first-order chi connectivity index (χ1) is 12.3. The molecule has 2 aromatic rings. The van der Waals surface area contributed by atoms with E-state index in [2.05, 4.69) is 49.9 Å². The fraction of sp³-hybridized carbons (Fsp3) is 0.556. The first kappa shape index (κ1) is 18.4. The van der Waals surface area contributed by atoms with Crippen LogP contribution in [0.2, 0.25) is 0 Å². The lowest BCUT2D eigenvalue weighted by atomic mass is 10.2. The maximum atomic E-state index is 4.41. The van der Waals surface area contributed by atoms with E-state index in [4.69, 9.17) is 0 Å². The van der Waals surface area contributed by atoms with Crippen LogP contribution in [0.3, 0.4) is 0 Å². The van der Waals surface area contributed by atoms with Crippen LogP contribution in [-0.4, -0.2) is 49.1 Å². The maximum absolute atomic E-state index is 4.41. The minimum absolute atomic E-state index is 0.433. The Morgan fingerprint density at radius 1 is 1.36 bits per heavy atom. The summed E-state index contributed by atoms with van der Waals surface area (Å²) in [5, 5.41) is 10.3. The van der Waals surface area contributed by atoms with Gasteiger partial charge in [-0.3, -0.25) is 9.89 Å². The molecule has 0 saturated carbocycles. The van der Waals surface area contributed by atoms with E-state index in [0.717, 1.165) is 25.5 Å². The third-order valence-electron chi connectivity index (χ3n) is 4.44. The quantitative estimate of drug-likeness (QED) is 0.575. The molecule has 1 unspecified atom stereocenters. The van der Waals surface area contributed by atoms with E-state index in [-0.39, 0.29) is 0 Å². The number of guanidine groups is 1. The Balaban J connectivity index is 1.50. The molecule has 1 saturated heterocycles. The second-order valence-corrected chi connectivity index (χ2v) is 8.57. The first-order valence-electron chi connectivity index (χ1n) is 8.89. The van der Waals surface area contributed by atoms with Gasteiger partial charge in [0, 0.05) is 42.5 Å². The molecule has 0 aromatic carbocycles. The first-order valence-corrected chi connectivity index (χ1v) is 10.6. The molecule has 0 spiro atoms. The van der Waals surface area contributed by atoms with Crippen LogP contribution in [0.5, 0.6) is 0 Å². The number of aryl methyl sites for hydroxylation is 1. The Morgan fingerprint density at radius 2 is 2.20 bits per heavy atom. The minimum atomic E-state index is 0.433. The standard InChI is InChI=1S/C18H27N5S2/c1-14-12-21-17(25-14)7-8-20-18(19-2)22-13-15(16-6-5-11-24-16)23-9-3-4-10-23/h5-6,11-12,15H,3-4,7-10,13H2,1-2H3,(H2,19,20,22). The van der Waals surface area contributed by atoms with E-state index in [1.807, 2.05) is 24.6 Å². The van der Waals surface area contributed by atoms with Crippen LogP contribution in [0.4, 0.5) is 0 Å². The molecule has 3 heterocycles. The smallest absolute Gasteiger partial charge is 0.191 e. The lowest BCUT2D eigenvalue weighted by Gasteiger charge is -2.27. The minimum Gasteiger partial charge on any atom is -0.356 e. The number of thiophene rings is 1. The third kappa shape index (κ3) is 5.26. The number of nitrogens with zero attached hydrogens (tertiary/aromatic N) is 3. The average Bonchev–Trinajstić information content (AvgIpc) is 3.37. The zero-order valence-corrected chi connectivity index (χ0v) is 16.6. The number of aliphatic imine (C=N–C) groups is 1. The van der Waals surface area contributed by atoms with Crippen molar-refractivity contribution in [2.45, 2.75) is 32.2 Å². The van der Waals surface area contributed by atoms with E-state index >= 15 is 0 Å². The van der Waals surface area contributed by atoms with Gasteiger partial charge in [-0.25, -0.2) is 4.98 Å². The lowest BCUT2D eigenvalue weighted by molar-refractivity contribution is 0.249. The van der Waals surface area contributed by atoms with Crippen LogP contribution in [0.15, 0.2) is 28.7 Å². The van der Waals surface area contributed by atoms with Gasteiger partial charge < -0.3 is 10.6 Å². The van der Waals surface area contributed by atoms with Gasteiger partial charge in [-0.2, -0.15) is 0 Å². The Hall–Kier alpha value is -1.44. The van der Waals surface area contributed by atoms with Crippen molar-refractivity contribution in [3.8, 4) is 0 Å². The average molecular weight is 378 g/mol. The molecule has 2 aromatic heterocycles. The van der Waals surface area contributed by atoms with Gasteiger partial charge in [0.05, 0.1) is 11.0 Å². The van der Waals surface area contributed by atoms with Crippen LogP contribution in [0.1, 0.15) is 33.6 Å². The van der Waals surface area contributed by atoms with Gasteiger partial charge in [0.25, 0.3) is 0 Å². The van der Waals surface area contributed by atoms with E-state index in [0.29, 0.717) is 6.04 Å². The van der Waals surface area contributed by atoms with Crippen molar-refractivity contribution in [2.24, 2.45) is 4.99 Å². The number of hydrogen-bond donors (Lipinski definition) is 2. The molecule has 1 aliphatic heterocycles. The number of aromatic nitrogens is 1. The molecule has 5 nitrogen and oxygen atoms in total. The second-order valence-electron chi connectivity index (χ2n) is 6.27. The van der Waals surface area contributed by atoms with Crippen LogP contribution in [0, 0.1) is 6.92 Å². The Bertz CT molecular complexity index is 659. The summed E-state index contributed by atoms with van der Waals surface area (Å²) in [5.74, 6) is 0.869. The monoisotopic (exact) mass is 377 g/mol. The number of hydrogen-bond acceptors (Lipinski definition) is 5. The van der Waals surface area contributed by atoms with Crippen LogP contribution >= 0.6 is 22.7 Å². The topological polar surface area (TPSA) is 52.6 Å². The molecular weight excluding hydrogens is 350 g/mol. The van der Waals surface area contributed by atoms with E-state index in [9.17, 15) is 0 Å². The Kier molecular flexibility index (Phi) is 6.84. The zero-order valence-electron chi connectivity index (χ0n) is 15.0. The summed E-state index contributed by atoms with van der Waals surface area (Å²) in [4.78, 5) is 14.1. The summed E-state index contributed by atoms with van der Waals surface area (Å²) >= 11 is 3.61. The van der Waals surface area contributed by atoms with Crippen molar-refractivity contribution in [1.82, 2.24) is 20.5 Å². The van der Waals surface area contributed by atoms with Crippen molar-refractivity contribution in [2.75, 3.05) is 33.2 Å². The molecular formula is C18H27N5S2. The Morgan fingerprint density at radius 3 is 2.84 bits per heavy atom.